The fourth-order valence-electron chi connectivity index (χ4n) is 1.65. The van der Waals surface area contributed by atoms with E-state index in [1.165, 1.54) is 0 Å². The largest absolute Gasteiger partial charge is 0.494 e. The van der Waals surface area contributed by atoms with E-state index in [9.17, 15) is 8.42 Å². The molecule has 0 aliphatic heterocycles. The van der Waals surface area contributed by atoms with Crippen molar-refractivity contribution in [1.29, 1.82) is 5.26 Å². The van der Waals surface area contributed by atoms with Crippen LogP contribution < -0.4 is 4.74 Å². The van der Waals surface area contributed by atoms with Crippen LogP contribution >= 0.6 is 0 Å². The molecule has 0 aliphatic rings. The second-order valence-corrected chi connectivity index (χ2v) is 6.74. The van der Waals surface area contributed by atoms with Gasteiger partial charge in [-0.15, -0.1) is 0 Å². The summed E-state index contributed by atoms with van der Waals surface area (Å²) in [5, 5.41) is 8.36. The standard InChI is InChI=1S/C14H19NO3S/c1-13-6-4-7-14(12-13)18-9-5-11-19(16,17)10-3-2-8-15/h4,6-7,12H,2-3,5,9-11H2,1H3. The SMILES string of the molecule is Cc1cccc(OCCCS(=O)(=O)CCCC#N)c1. The summed E-state index contributed by atoms with van der Waals surface area (Å²) in [5.74, 6) is 0.969. The number of hydrogen-bond donors (Lipinski definition) is 0. The average Bonchev–Trinajstić information content (AvgIpc) is 2.35. The fourth-order valence-corrected chi connectivity index (χ4v) is 2.99. The first kappa shape index (κ1) is 15.5. The third kappa shape index (κ3) is 6.82. The maximum Gasteiger partial charge on any atom is 0.150 e. The number of unbranched alkanes of at least 4 members (excludes halogenated alkanes) is 1. The van der Waals surface area contributed by atoms with E-state index < -0.39 is 9.84 Å². The molecular weight excluding hydrogens is 262 g/mol. The molecule has 0 unspecified atom stereocenters. The molecule has 104 valence electrons. The summed E-state index contributed by atoms with van der Waals surface area (Å²) < 4.78 is 28.7. The van der Waals surface area contributed by atoms with Crippen molar-refractivity contribution in [2.45, 2.75) is 26.2 Å². The highest BCUT2D eigenvalue weighted by atomic mass is 32.2. The number of nitrogens with zero attached hydrogens (tertiary/aromatic N) is 1. The van der Waals surface area contributed by atoms with Crippen molar-refractivity contribution in [2.75, 3.05) is 18.1 Å². The zero-order valence-corrected chi connectivity index (χ0v) is 11.9. The van der Waals surface area contributed by atoms with Crippen LogP contribution in [0.25, 0.3) is 0 Å². The first-order valence-electron chi connectivity index (χ1n) is 6.30. The third-order valence-electron chi connectivity index (χ3n) is 2.60. The Labute approximate surface area is 114 Å². The zero-order chi connectivity index (χ0) is 14.1. The average molecular weight is 281 g/mol. The number of rotatable bonds is 8. The summed E-state index contributed by atoms with van der Waals surface area (Å²) in [6.07, 6.45) is 1.18. The lowest BCUT2D eigenvalue weighted by Crippen LogP contribution is -2.13. The lowest BCUT2D eigenvalue weighted by Gasteiger charge is -2.07. The molecule has 5 heteroatoms. The van der Waals surface area contributed by atoms with E-state index in [1.807, 2.05) is 37.3 Å². The van der Waals surface area contributed by atoms with Gasteiger partial charge in [-0.3, -0.25) is 0 Å². The van der Waals surface area contributed by atoms with Gasteiger partial charge in [0.1, 0.15) is 15.6 Å². The molecule has 0 bridgehead atoms. The number of hydrogen-bond acceptors (Lipinski definition) is 4. The van der Waals surface area contributed by atoms with Crippen LogP contribution in [-0.2, 0) is 9.84 Å². The summed E-state index contributed by atoms with van der Waals surface area (Å²) in [6.45, 7) is 2.37. The van der Waals surface area contributed by atoms with Gasteiger partial charge in [-0.25, -0.2) is 8.42 Å². The Balaban J connectivity index is 2.25. The minimum atomic E-state index is -3.05. The van der Waals surface area contributed by atoms with Crippen molar-refractivity contribution < 1.29 is 13.2 Å². The van der Waals surface area contributed by atoms with E-state index in [1.54, 1.807) is 0 Å². The van der Waals surface area contributed by atoms with Crippen LogP contribution in [0.5, 0.6) is 5.75 Å². The predicted octanol–water partition coefficient (Wildman–Crippen LogP) is 2.48. The molecule has 0 atom stereocenters. The highest BCUT2D eigenvalue weighted by Crippen LogP contribution is 2.12. The summed E-state index contributed by atoms with van der Waals surface area (Å²) >= 11 is 0. The van der Waals surface area contributed by atoms with E-state index >= 15 is 0 Å². The highest BCUT2D eigenvalue weighted by Gasteiger charge is 2.10. The van der Waals surface area contributed by atoms with Crippen LogP contribution in [0.1, 0.15) is 24.8 Å². The van der Waals surface area contributed by atoms with Crippen LogP contribution in [0.2, 0.25) is 0 Å². The Morgan fingerprint density at radius 2 is 2.00 bits per heavy atom. The van der Waals surface area contributed by atoms with Crippen molar-refractivity contribution in [2.24, 2.45) is 0 Å². The molecular formula is C14H19NO3S. The second-order valence-electron chi connectivity index (χ2n) is 4.43. The first-order chi connectivity index (χ1) is 9.03. The minimum Gasteiger partial charge on any atom is -0.494 e. The van der Waals surface area contributed by atoms with Gasteiger partial charge in [-0.2, -0.15) is 5.26 Å². The smallest absolute Gasteiger partial charge is 0.150 e. The molecule has 4 nitrogen and oxygen atoms in total. The summed E-state index contributed by atoms with van der Waals surface area (Å²) in [4.78, 5) is 0. The maximum absolute atomic E-state index is 11.6. The van der Waals surface area contributed by atoms with Crippen molar-refractivity contribution in [3.05, 3.63) is 29.8 Å². The van der Waals surface area contributed by atoms with E-state index in [2.05, 4.69) is 0 Å². The Kier molecular flexibility index (Phi) is 6.37. The summed E-state index contributed by atoms with van der Waals surface area (Å²) in [6, 6.07) is 9.60. The van der Waals surface area contributed by atoms with Crippen molar-refractivity contribution >= 4 is 9.84 Å². The van der Waals surface area contributed by atoms with Gasteiger partial charge in [0.25, 0.3) is 0 Å². The van der Waals surface area contributed by atoms with E-state index in [0.29, 0.717) is 25.9 Å². The van der Waals surface area contributed by atoms with Crippen LogP contribution in [0, 0.1) is 18.3 Å². The number of nitriles is 1. The normalized spacial score (nSPS) is 10.9. The van der Waals surface area contributed by atoms with Crippen molar-refractivity contribution in [3.63, 3.8) is 0 Å². The van der Waals surface area contributed by atoms with Gasteiger partial charge in [-0.05, 0) is 37.5 Å². The minimum absolute atomic E-state index is 0.0883. The highest BCUT2D eigenvalue weighted by molar-refractivity contribution is 7.91. The summed E-state index contributed by atoms with van der Waals surface area (Å²) in [5.41, 5.74) is 1.11. The topological polar surface area (TPSA) is 67.2 Å². The molecule has 0 saturated carbocycles. The Morgan fingerprint density at radius 3 is 2.68 bits per heavy atom. The van der Waals surface area contributed by atoms with Crippen molar-refractivity contribution in [1.82, 2.24) is 0 Å². The van der Waals surface area contributed by atoms with E-state index in [0.717, 1.165) is 11.3 Å². The number of benzene rings is 1. The molecule has 1 rings (SSSR count). The van der Waals surface area contributed by atoms with Gasteiger partial charge in [0.2, 0.25) is 0 Å². The molecule has 0 radical (unpaired) electrons. The van der Waals surface area contributed by atoms with Gasteiger partial charge in [-0.1, -0.05) is 12.1 Å². The molecule has 0 N–H and O–H groups in total. The number of ether oxygens (including phenoxy) is 1. The van der Waals surface area contributed by atoms with Gasteiger partial charge in [0, 0.05) is 6.42 Å². The van der Waals surface area contributed by atoms with Crippen LogP contribution in [-0.4, -0.2) is 26.5 Å². The predicted molar refractivity (Wildman–Crippen MR) is 74.8 cm³/mol. The molecule has 1 aromatic carbocycles. The monoisotopic (exact) mass is 281 g/mol. The third-order valence-corrected chi connectivity index (χ3v) is 4.42. The second kappa shape index (κ2) is 7.80. The maximum atomic E-state index is 11.6. The van der Waals surface area contributed by atoms with Gasteiger partial charge in [0.05, 0.1) is 24.2 Å². The molecule has 1 aromatic rings. The van der Waals surface area contributed by atoms with Crippen LogP contribution in [0.4, 0.5) is 0 Å². The Bertz CT molecular complexity index is 532. The number of aryl methyl sites for hydroxylation is 1. The quantitative estimate of drug-likeness (QED) is 0.687. The molecule has 0 fully saturated rings. The fraction of sp³-hybridized carbons (Fsp3) is 0.500. The molecule has 0 aromatic heterocycles. The molecule has 0 saturated heterocycles. The zero-order valence-electron chi connectivity index (χ0n) is 11.1. The first-order valence-corrected chi connectivity index (χ1v) is 8.12. The number of sulfone groups is 1. The Hall–Kier alpha value is -1.54. The van der Waals surface area contributed by atoms with E-state index in [4.69, 9.17) is 10.00 Å². The molecule has 0 aliphatic carbocycles. The lowest BCUT2D eigenvalue weighted by molar-refractivity contribution is 0.317. The molecule has 19 heavy (non-hydrogen) atoms. The van der Waals surface area contributed by atoms with Gasteiger partial charge in [0.15, 0.2) is 0 Å². The van der Waals surface area contributed by atoms with E-state index in [-0.39, 0.29) is 11.5 Å². The Morgan fingerprint density at radius 1 is 1.26 bits per heavy atom. The summed E-state index contributed by atoms with van der Waals surface area (Å²) in [7, 11) is -3.05. The lowest BCUT2D eigenvalue weighted by atomic mass is 10.2. The molecule has 0 spiro atoms. The van der Waals surface area contributed by atoms with Crippen molar-refractivity contribution in [3.8, 4) is 11.8 Å². The van der Waals surface area contributed by atoms with Crippen LogP contribution in [0.3, 0.4) is 0 Å². The van der Waals surface area contributed by atoms with Crippen LogP contribution in [0.15, 0.2) is 24.3 Å². The molecule has 0 heterocycles. The van der Waals surface area contributed by atoms with Gasteiger partial charge >= 0.3 is 0 Å². The van der Waals surface area contributed by atoms with Gasteiger partial charge < -0.3 is 4.74 Å². The molecule has 0 amide bonds.